The molecular formula is C42H51ClN2. The number of allylic oxidation sites excluding steroid dienone is 2. The molecule has 0 aliphatic rings. The molecule has 2 nitrogen and oxygen atoms in total. The molecule has 0 atom stereocenters. The zero-order valence-electron chi connectivity index (χ0n) is 35.7. The summed E-state index contributed by atoms with van der Waals surface area (Å²) in [7, 11) is 2.90. The van der Waals surface area contributed by atoms with Gasteiger partial charge in [-0.3, -0.25) is 9.80 Å². The largest absolute Gasteiger partial charge is 0.298 e. The van der Waals surface area contributed by atoms with Crippen LogP contribution in [0.1, 0.15) is 63.6 Å². The fourth-order valence-corrected chi connectivity index (χ4v) is 3.97. The van der Waals surface area contributed by atoms with Crippen LogP contribution in [0.4, 0.5) is 0 Å². The Bertz CT molecular complexity index is 1880. The van der Waals surface area contributed by atoms with Crippen LogP contribution in [0.3, 0.4) is 0 Å². The van der Waals surface area contributed by atoms with E-state index in [0.717, 1.165) is 31.3 Å². The number of rotatable bonds is 8. The van der Waals surface area contributed by atoms with Crippen LogP contribution in [0.5, 0.6) is 0 Å². The fourth-order valence-electron chi connectivity index (χ4n) is 3.97. The molecule has 45 heavy (non-hydrogen) atoms. The van der Waals surface area contributed by atoms with Gasteiger partial charge in [-0.1, -0.05) is 121 Å². The van der Waals surface area contributed by atoms with Gasteiger partial charge >= 0.3 is 0 Å². The van der Waals surface area contributed by atoms with Gasteiger partial charge in [0.1, 0.15) is 0 Å². The molecule has 4 rings (SSSR count). The van der Waals surface area contributed by atoms with E-state index >= 15 is 0 Å². The number of fused-ring (bicyclic) bond motifs is 2. The maximum absolute atomic E-state index is 8.57. The van der Waals surface area contributed by atoms with Gasteiger partial charge in [-0.15, -0.1) is 12.4 Å². The molecule has 0 bridgehead atoms. The Hall–Kier alpha value is -3.79. The zero-order chi connectivity index (χ0) is 39.2. The van der Waals surface area contributed by atoms with Gasteiger partial charge in [0.25, 0.3) is 0 Å². The molecule has 3 heteroatoms. The van der Waals surface area contributed by atoms with E-state index in [1.807, 2.05) is 102 Å². The Morgan fingerprint density at radius 1 is 0.578 bits per heavy atom. The molecule has 4 aromatic carbocycles. The molecule has 0 heterocycles. The second kappa shape index (κ2) is 18.2. The van der Waals surface area contributed by atoms with Crippen molar-refractivity contribution in [3.8, 4) is 23.7 Å². The lowest BCUT2D eigenvalue weighted by molar-refractivity contribution is 0.365. The Morgan fingerprint density at radius 2 is 0.933 bits per heavy atom. The molecule has 0 N–H and O–H groups in total. The quantitative estimate of drug-likeness (QED) is 0.180. The Labute approximate surface area is 290 Å². The fraction of sp³-hybridized carbons (Fsp3) is 0.333. The van der Waals surface area contributed by atoms with E-state index in [9.17, 15) is 0 Å². The molecule has 0 fully saturated rings. The van der Waals surface area contributed by atoms with E-state index in [1.54, 1.807) is 24.3 Å². The second-order valence-corrected chi connectivity index (χ2v) is 12.4. The summed E-state index contributed by atoms with van der Waals surface area (Å²) in [5.74, 6) is 11.7. The third-order valence-electron chi connectivity index (χ3n) is 5.92. The third kappa shape index (κ3) is 14.2. The van der Waals surface area contributed by atoms with Crippen molar-refractivity contribution >= 4 is 34.0 Å². The minimum Gasteiger partial charge on any atom is -0.298 e. The normalized spacial score (nSPS) is 15.5. The molecular weight excluding hydrogens is 568 g/mol. The predicted molar refractivity (Wildman–Crippen MR) is 201 cm³/mol. The van der Waals surface area contributed by atoms with E-state index in [1.165, 1.54) is 38.4 Å². The lowest BCUT2D eigenvalue weighted by Crippen LogP contribution is -2.17. The summed E-state index contributed by atoms with van der Waals surface area (Å²) in [5.41, 5.74) is 0.549. The Balaban J connectivity index is 0.000000360. The SMILES string of the molecule is Cl.[2H]C([2H])(/C=C/C#CC(C)(C)C)N(C)C([2H])([2H])c1cccc2ccccc12.[2H]C([2H])(/C=C/C#CC(C)(C)C)N(C)C([2H])([2H])c1cccc2ccccc12. The summed E-state index contributed by atoms with van der Waals surface area (Å²) < 4.78 is 67.4. The first-order valence-electron chi connectivity index (χ1n) is 18.8. The maximum Gasteiger partial charge on any atom is 0.0481 e. The molecule has 0 aromatic heterocycles. The highest BCUT2D eigenvalue weighted by Crippen LogP contribution is 2.20. The average Bonchev–Trinajstić information content (AvgIpc) is 3.07. The summed E-state index contributed by atoms with van der Waals surface area (Å²) in [6.45, 7) is 3.91. The van der Waals surface area contributed by atoms with Crippen molar-refractivity contribution in [3.63, 3.8) is 0 Å². The first-order chi connectivity index (χ1) is 23.9. The van der Waals surface area contributed by atoms with Crippen molar-refractivity contribution in [2.24, 2.45) is 10.8 Å². The zero-order valence-corrected chi connectivity index (χ0v) is 28.5. The molecule has 0 saturated heterocycles. The molecule has 0 unspecified atom stereocenters. The number of hydrogen-bond acceptors (Lipinski definition) is 2. The van der Waals surface area contributed by atoms with Crippen LogP contribution in [0, 0.1) is 34.5 Å². The summed E-state index contributed by atoms with van der Waals surface area (Å²) in [6.07, 6.45) is 5.52. The Morgan fingerprint density at radius 3 is 1.31 bits per heavy atom. The molecule has 0 aliphatic heterocycles. The highest BCUT2D eigenvalue weighted by molar-refractivity contribution is 5.86. The van der Waals surface area contributed by atoms with Crippen LogP contribution >= 0.6 is 12.4 Å². The maximum atomic E-state index is 8.57. The molecule has 236 valence electrons. The van der Waals surface area contributed by atoms with Gasteiger partial charge in [-0.05, 0) is 100 Å². The molecule has 0 spiro atoms. The molecule has 0 aliphatic carbocycles. The monoisotopic (exact) mass is 626 g/mol. The highest BCUT2D eigenvalue weighted by atomic mass is 35.5. The van der Waals surface area contributed by atoms with Crippen molar-refractivity contribution in [2.45, 2.75) is 54.5 Å². The topological polar surface area (TPSA) is 6.48 Å². The van der Waals surface area contributed by atoms with E-state index in [4.69, 9.17) is 11.0 Å². The summed E-state index contributed by atoms with van der Waals surface area (Å²) in [6, 6.07) is 25.9. The van der Waals surface area contributed by atoms with Gasteiger partial charge in [-0.2, -0.15) is 0 Å². The van der Waals surface area contributed by atoms with Crippen molar-refractivity contribution in [1.82, 2.24) is 9.80 Å². The number of likely N-dealkylation sites (N-methyl/N-ethyl adjacent to an activating group) is 2. The number of hydrogen-bond donors (Lipinski definition) is 0. The van der Waals surface area contributed by atoms with Gasteiger partial charge in [0.15, 0.2) is 0 Å². The lowest BCUT2D eigenvalue weighted by atomic mass is 9.98. The van der Waals surface area contributed by atoms with Crippen LogP contribution in [0.25, 0.3) is 21.5 Å². The van der Waals surface area contributed by atoms with E-state index < -0.39 is 26.0 Å². The molecule has 0 amide bonds. The van der Waals surface area contributed by atoms with E-state index in [2.05, 4.69) is 23.7 Å². The van der Waals surface area contributed by atoms with Crippen LogP contribution in [0.15, 0.2) is 109 Å². The molecule has 0 radical (unpaired) electrons. The van der Waals surface area contributed by atoms with Crippen molar-refractivity contribution in [2.75, 3.05) is 27.1 Å². The van der Waals surface area contributed by atoms with Crippen molar-refractivity contribution < 1.29 is 11.0 Å². The van der Waals surface area contributed by atoms with Crippen LogP contribution < -0.4 is 0 Å². The van der Waals surface area contributed by atoms with Gasteiger partial charge in [0, 0.05) is 47.8 Å². The number of halogens is 1. The van der Waals surface area contributed by atoms with Crippen LogP contribution in [0.2, 0.25) is 0 Å². The molecule has 4 aromatic rings. The number of nitrogens with zero attached hydrogens (tertiary/aromatic N) is 2. The number of benzene rings is 4. The van der Waals surface area contributed by atoms with Gasteiger partial charge in [-0.25, -0.2) is 0 Å². The summed E-state index contributed by atoms with van der Waals surface area (Å²) >= 11 is 0. The highest BCUT2D eigenvalue weighted by Gasteiger charge is 2.05. The minimum absolute atomic E-state index is 0. The predicted octanol–water partition coefficient (Wildman–Crippen LogP) is 10.2. The smallest absolute Gasteiger partial charge is 0.0481 e. The third-order valence-corrected chi connectivity index (χ3v) is 5.92. The van der Waals surface area contributed by atoms with Gasteiger partial charge in [0.05, 0.1) is 0 Å². The lowest BCUT2D eigenvalue weighted by Gasteiger charge is -2.15. The Kier molecular flexibility index (Phi) is 10.7. The first kappa shape index (κ1) is 26.4. The van der Waals surface area contributed by atoms with E-state index in [-0.39, 0.29) is 23.2 Å². The summed E-state index contributed by atoms with van der Waals surface area (Å²) in [4.78, 5) is 2.19. The standard InChI is InChI=1S/2C21H25N.ClH/c2*1-21(2,3)15-8-5-9-16-22(4)17-19-13-10-12-18-11-6-7-14-20(18)19;/h2*5-7,9-14H,16-17H2,1-4H3;1H/b2*9-5+;/i2*16D2,17D2;. The second-order valence-electron chi connectivity index (χ2n) is 12.4. The van der Waals surface area contributed by atoms with Crippen LogP contribution in [-0.2, 0) is 13.0 Å². The first-order valence-corrected chi connectivity index (χ1v) is 14.8. The van der Waals surface area contributed by atoms with E-state index in [0.29, 0.717) is 11.1 Å². The van der Waals surface area contributed by atoms with Crippen LogP contribution in [-0.4, -0.2) is 36.9 Å². The summed E-state index contributed by atoms with van der Waals surface area (Å²) in [5, 5.41) is 3.40. The average molecular weight is 627 g/mol. The van der Waals surface area contributed by atoms with Crippen molar-refractivity contribution in [1.29, 1.82) is 0 Å². The van der Waals surface area contributed by atoms with Gasteiger partial charge in [0.2, 0.25) is 0 Å². The minimum atomic E-state index is -1.99. The molecule has 0 saturated carbocycles. The van der Waals surface area contributed by atoms with Gasteiger partial charge < -0.3 is 0 Å². The van der Waals surface area contributed by atoms with Crippen molar-refractivity contribution in [3.05, 3.63) is 120 Å².